The molecule has 39 heavy (non-hydrogen) atoms. The molecule has 1 aliphatic rings. The van der Waals surface area contributed by atoms with Crippen molar-refractivity contribution >= 4 is 0 Å². The first kappa shape index (κ1) is 27.2. The highest BCUT2D eigenvalue weighted by atomic mass is 16.7. The van der Waals surface area contributed by atoms with Crippen molar-refractivity contribution in [2.75, 3.05) is 20.1 Å². The molecule has 1 fully saturated rings. The molecule has 3 N–H and O–H groups in total. The summed E-state index contributed by atoms with van der Waals surface area (Å²) < 4.78 is 13.2. The van der Waals surface area contributed by atoms with Gasteiger partial charge in [-0.15, -0.1) is 0 Å². The van der Waals surface area contributed by atoms with E-state index in [1.54, 1.807) is 0 Å². The van der Waals surface area contributed by atoms with Crippen LogP contribution < -0.4 is 5.73 Å². The lowest BCUT2D eigenvalue weighted by molar-refractivity contribution is -0.252. The number of aliphatic hydroxyl groups is 1. The van der Waals surface area contributed by atoms with Gasteiger partial charge < -0.3 is 25.2 Å². The summed E-state index contributed by atoms with van der Waals surface area (Å²) in [6, 6.07) is 30.8. The van der Waals surface area contributed by atoms with E-state index in [1.165, 1.54) is 0 Å². The fraction of sp³-hybridized carbons (Fsp3) is 0.303. The highest BCUT2D eigenvalue weighted by molar-refractivity contribution is 5.65. The fourth-order valence-corrected chi connectivity index (χ4v) is 5.07. The van der Waals surface area contributed by atoms with Gasteiger partial charge in [0.05, 0.1) is 18.8 Å². The number of hydrogen-bond donors (Lipinski definition) is 2. The lowest BCUT2D eigenvalue weighted by atomic mass is 9.98. The molecular weight excluding hydrogens is 486 g/mol. The van der Waals surface area contributed by atoms with Crippen LogP contribution in [0.2, 0.25) is 0 Å². The van der Waals surface area contributed by atoms with Gasteiger partial charge in [0.2, 0.25) is 0 Å². The third kappa shape index (κ3) is 7.18. The van der Waals surface area contributed by atoms with Crippen LogP contribution in [0.15, 0.2) is 97.2 Å². The van der Waals surface area contributed by atoms with E-state index in [0.29, 0.717) is 6.54 Å². The van der Waals surface area contributed by atoms with Crippen LogP contribution in [-0.4, -0.2) is 41.2 Å². The average molecular weight is 524 g/mol. The number of hydrogen-bond acceptors (Lipinski definition) is 6. The topological polar surface area (TPSA) is 80.8 Å². The standard InChI is InChI=1S/C33H37N3O3/c1-36(17-15-30-10-2-3-16-35-30)22-31-20-32(26-13-11-24(23-37)12-14-26)39-33(38-31)29-9-5-8-28(19-29)27-7-4-6-25(18-27)21-34/h2-14,16,18-19,31-33,37H,15,17,20-23,34H2,1H3/t31-,32+,33+/m1/s1. The average Bonchev–Trinajstić information content (AvgIpc) is 3.00. The normalized spacial score (nSPS) is 19.3. The zero-order valence-electron chi connectivity index (χ0n) is 22.4. The summed E-state index contributed by atoms with van der Waals surface area (Å²) in [6.45, 7) is 2.22. The van der Waals surface area contributed by atoms with Crippen molar-refractivity contribution in [1.82, 2.24) is 9.88 Å². The second-order valence-electron chi connectivity index (χ2n) is 10.2. The Kier molecular flexibility index (Phi) is 9.14. The molecule has 4 aromatic rings. The molecule has 0 bridgehead atoms. The minimum Gasteiger partial charge on any atom is -0.392 e. The van der Waals surface area contributed by atoms with Gasteiger partial charge in [0, 0.05) is 49.9 Å². The molecule has 3 aromatic carbocycles. The van der Waals surface area contributed by atoms with Crippen LogP contribution in [0.25, 0.3) is 11.1 Å². The molecule has 0 amide bonds. The third-order valence-corrected chi connectivity index (χ3v) is 7.26. The van der Waals surface area contributed by atoms with E-state index >= 15 is 0 Å². The first-order valence-corrected chi connectivity index (χ1v) is 13.6. The minimum absolute atomic E-state index is 0.00998. The quantitative estimate of drug-likeness (QED) is 0.289. The van der Waals surface area contributed by atoms with E-state index in [0.717, 1.165) is 65.0 Å². The predicted octanol–water partition coefficient (Wildman–Crippen LogP) is 5.42. The Labute approximate surface area is 231 Å². The van der Waals surface area contributed by atoms with Crippen LogP contribution in [0.4, 0.5) is 0 Å². The molecule has 202 valence electrons. The summed E-state index contributed by atoms with van der Waals surface area (Å²) in [4.78, 5) is 6.76. The van der Waals surface area contributed by atoms with E-state index in [1.807, 2.05) is 42.6 Å². The smallest absolute Gasteiger partial charge is 0.184 e. The first-order valence-electron chi connectivity index (χ1n) is 13.6. The molecule has 0 aliphatic carbocycles. The molecule has 6 heteroatoms. The van der Waals surface area contributed by atoms with E-state index in [9.17, 15) is 5.11 Å². The van der Waals surface area contributed by atoms with E-state index in [4.69, 9.17) is 15.2 Å². The minimum atomic E-state index is -0.493. The molecule has 0 radical (unpaired) electrons. The number of nitrogens with two attached hydrogens (primary N) is 1. The maximum Gasteiger partial charge on any atom is 0.184 e. The lowest BCUT2D eigenvalue weighted by Gasteiger charge is -2.38. The molecule has 0 spiro atoms. The zero-order chi connectivity index (χ0) is 27.0. The number of aliphatic hydroxyl groups excluding tert-OH is 1. The number of likely N-dealkylation sites (N-methyl/N-ethyl adjacent to an activating group) is 1. The van der Waals surface area contributed by atoms with Crippen molar-refractivity contribution in [1.29, 1.82) is 0 Å². The zero-order valence-corrected chi connectivity index (χ0v) is 22.4. The van der Waals surface area contributed by atoms with E-state index in [2.05, 4.69) is 71.5 Å². The maximum absolute atomic E-state index is 9.49. The Balaban J connectivity index is 1.35. The number of nitrogens with zero attached hydrogens (tertiary/aromatic N) is 2. The van der Waals surface area contributed by atoms with Crippen LogP contribution in [0.5, 0.6) is 0 Å². The number of benzene rings is 3. The summed E-state index contributed by atoms with van der Waals surface area (Å²) >= 11 is 0. The number of ether oxygens (including phenoxy) is 2. The Morgan fingerprint density at radius 1 is 0.872 bits per heavy atom. The van der Waals surface area contributed by atoms with Crippen LogP contribution in [0, 0.1) is 0 Å². The Bertz CT molecular complexity index is 1330. The van der Waals surface area contributed by atoms with Crippen molar-refractivity contribution < 1.29 is 14.6 Å². The summed E-state index contributed by atoms with van der Waals surface area (Å²) in [5.41, 5.74) is 13.3. The Morgan fingerprint density at radius 3 is 2.41 bits per heavy atom. The van der Waals surface area contributed by atoms with E-state index in [-0.39, 0.29) is 18.8 Å². The summed E-state index contributed by atoms with van der Waals surface area (Å²) in [5.74, 6) is 0. The van der Waals surface area contributed by atoms with Gasteiger partial charge in [-0.25, -0.2) is 0 Å². The Morgan fingerprint density at radius 2 is 1.67 bits per heavy atom. The van der Waals surface area contributed by atoms with Crippen molar-refractivity contribution in [2.24, 2.45) is 5.73 Å². The monoisotopic (exact) mass is 523 g/mol. The predicted molar refractivity (Wildman–Crippen MR) is 154 cm³/mol. The van der Waals surface area contributed by atoms with Crippen LogP contribution in [0.3, 0.4) is 0 Å². The molecule has 0 unspecified atom stereocenters. The number of aromatic nitrogens is 1. The second-order valence-corrected chi connectivity index (χ2v) is 10.2. The van der Waals surface area contributed by atoms with E-state index < -0.39 is 6.29 Å². The van der Waals surface area contributed by atoms with Crippen molar-refractivity contribution in [3.63, 3.8) is 0 Å². The molecular formula is C33H37N3O3. The number of pyridine rings is 1. The molecule has 1 aliphatic heterocycles. The van der Waals surface area contributed by atoms with Gasteiger partial charge in [0.15, 0.2) is 6.29 Å². The summed E-state index contributed by atoms with van der Waals surface area (Å²) in [5, 5.41) is 9.49. The van der Waals surface area contributed by atoms with Gasteiger partial charge in [-0.05, 0) is 59.1 Å². The molecule has 6 nitrogen and oxygen atoms in total. The van der Waals surface area contributed by atoms with Crippen molar-refractivity contribution in [3.8, 4) is 11.1 Å². The van der Waals surface area contributed by atoms with Gasteiger partial charge in [0.25, 0.3) is 0 Å². The molecule has 3 atom stereocenters. The summed E-state index contributed by atoms with van der Waals surface area (Å²) in [6.07, 6.45) is 2.86. The van der Waals surface area contributed by atoms with Crippen LogP contribution in [-0.2, 0) is 29.0 Å². The number of rotatable bonds is 10. The molecule has 0 saturated carbocycles. The van der Waals surface area contributed by atoms with Gasteiger partial charge in [-0.2, -0.15) is 0 Å². The fourth-order valence-electron chi connectivity index (χ4n) is 5.07. The van der Waals surface area contributed by atoms with Gasteiger partial charge in [-0.1, -0.05) is 66.7 Å². The van der Waals surface area contributed by atoms with Gasteiger partial charge in [-0.3, -0.25) is 4.98 Å². The third-order valence-electron chi connectivity index (χ3n) is 7.26. The SMILES string of the molecule is CN(CCc1ccccn1)C[C@H]1C[C@@H](c2ccc(CO)cc2)O[C@@H](c2cccc(-c3cccc(CN)c3)c2)O1. The lowest BCUT2D eigenvalue weighted by Crippen LogP contribution is -2.38. The van der Waals surface area contributed by atoms with Gasteiger partial charge in [0.1, 0.15) is 0 Å². The van der Waals surface area contributed by atoms with Crippen LogP contribution in [0.1, 0.15) is 46.8 Å². The first-order chi connectivity index (χ1) is 19.1. The van der Waals surface area contributed by atoms with Gasteiger partial charge >= 0.3 is 0 Å². The second kappa shape index (κ2) is 13.1. The maximum atomic E-state index is 9.49. The molecule has 5 rings (SSSR count). The molecule has 1 saturated heterocycles. The van der Waals surface area contributed by atoms with Crippen molar-refractivity contribution in [2.45, 2.75) is 44.5 Å². The van der Waals surface area contributed by atoms with Crippen LogP contribution >= 0.6 is 0 Å². The molecule has 1 aromatic heterocycles. The summed E-state index contributed by atoms with van der Waals surface area (Å²) in [7, 11) is 2.13. The largest absolute Gasteiger partial charge is 0.392 e. The molecule has 2 heterocycles. The highest BCUT2D eigenvalue weighted by Crippen LogP contribution is 2.39. The Hall–Kier alpha value is -3.39. The highest BCUT2D eigenvalue weighted by Gasteiger charge is 2.33. The van der Waals surface area contributed by atoms with Crippen molar-refractivity contribution in [3.05, 3.63) is 125 Å².